The van der Waals surface area contributed by atoms with Crippen LogP contribution in [0, 0.1) is 5.92 Å². The van der Waals surface area contributed by atoms with Gasteiger partial charge in [0.2, 0.25) is 0 Å². The zero-order valence-electron chi connectivity index (χ0n) is 8.03. The zero-order chi connectivity index (χ0) is 9.30. The fourth-order valence-corrected chi connectivity index (χ4v) is 1.60. The molecule has 1 heterocycles. The van der Waals surface area contributed by atoms with Crippen LogP contribution in [0.5, 0.6) is 0 Å². The third-order valence-corrected chi connectivity index (χ3v) is 2.56. The predicted octanol–water partition coefficient (Wildman–Crippen LogP) is 0.508. The van der Waals surface area contributed by atoms with Gasteiger partial charge in [-0.05, 0) is 19.3 Å². The molecular formula is C9H19NO2. The molecule has 0 aromatic carbocycles. The summed E-state index contributed by atoms with van der Waals surface area (Å²) < 4.78 is 5.60. The standard InChI is InChI=1S/C9H19NO2/c1-5(2)8-4-7(10)9(11)6(3)12-8/h5-9,11H,4,10H2,1-3H3/t6?,7-,8-,9-/m1/s1. The van der Waals surface area contributed by atoms with Crippen LogP contribution in [0.15, 0.2) is 0 Å². The summed E-state index contributed by atoms with van der Waals surface area (Å²) in [5.74, 6) is 0.478. The van der Waals surface area contributed by atoms with Gasteiger partial charge in [-0.25, -0.2) is 0 Å². The molecule has 1 rings (SSSR count). The summed E-state index contributed by atoms with van der Waals surface area (Å²) in [5.41, 5.74) is 5.77. The molecule has 1 aliphatic rings. The van der Waals surface area contributed by atoms with Crippen molar-refractivity contribution in [2.24, 2.45) is 11.7 Å². The second kappa shape index (κ2) is 3.73. The zero-order valence-corrected chi connectivity index (χ0v) is 8.03. The Morgan fingerprint density at radius 1 is 1.50 bits per heavy atom. The van der Waals surface area contributed by atoms with Gasteiger partial charge in [0, 0.05) is 6.04 Å². The summed E-state index contributed by atoms with van der Waals surface area (Å²) in [6, 6.07) is -0.124. The molecule has 72 valence electrons. The highest BCUT2D eigenvalue weighted by atomic mass is 16.5. The molecule has 0 amide bonds. The molecule has 4 atom stereocenters. The summed E-state index contributed by atoms with van der Waals surface area (Å²) in [6.07, 6.45) is 0.350. The third kappa shape index (κ3) is 1.97. The number of aliphatic hydroxyl groups is 1. The van der Waals surface area contributed by atoms with Crippen molar-refractivity contribution in [3.05, 3.63) is 0 Å². The molecule has 12 heavy (non-hydrogen) atoms. The van der Waals surface area contributed by atoms with Gasteiger partial charge in [-0.2, -0.15) is 0 Å². The molecule has 0 bridgehead atoms. The summed E-state index contributed by atoms with van der Waals surface area (Å²) in [6.45, 7) is 6.10. The molecule has 1 unspecified atom stereocenters. The average Bonchev–Trinajstić information content (AvgIpc) is 1.99. The Kier molecular flexibility index (Phi) is 3.09. The van der Waals surface area contributed by atoms with E-state index in [1.54, 1.807) is 0 Å². The van der Waals surface area contributed by atoms with Crippen molar-refractivity contribution in [1.29, 1.82) is 0 Å². The molecule has 0 aromatic heterocycles. The molecule has 0 radical (unpaired) electrons. The third-order valence-electron chi connectivity index (χ3n) is 2.56. The highest BCUT2D eigenvalue weighted by Gasteiger charge is 2.33. The average molecular weight is 173 g/mol. The molecule has 0 saturated carbocycles. The topological polar surface area (TPSA) is 55.5 Å². The van der Waals surface area contributed by atoms with E-state index in [1.165, 1.54) is 0 Å². The Morgan fingerprint density at radius 3 is 2.50 bits per heavy atom. The molecule has 1 saturated heterocycles. The second-order valence-corrected chi connectivity index (χ2v) is 4.01. The minimum absolute atomic E-state index is 0.124. The maximum Gasteiger partial charge on any atom is 0.0950 e. The van der Waals surface area contributed by atoms with Crippen LogP contribution in [-0.2, 0) is 4.74 Å². The summed E-state index contributed by atoms with van der Waals surface area (Å²) in [5, 5.41) is 9.50. The minimum Gasteiger partial charge on any atom is -0.389 e. The van der Waals surface area contributed by atoms with Crippen molar-refractivity contribution < 1.29 is 9.84 Å². The monoisotopic (exact) mass is 173 g/mol. The van der Waals surface area contributed by atoms with Crippen LogP contribution in [0.3, 0.4) is 0 Å². The van der Waals surface area contributed by atoms with E-state index >= 15 is 0 Å². The lowest BCUT2D eigenvalue weighted by Gasteiger charge is -2.38. The molecular weight excluding hydrogens is 154 g/mol. The smallest absolute Gasteiger partial charge is 0.0950 e. The normalized spacial score (nSPS) is 43.5. The summed E-state index contributed by atoms with van der Waals surface area (Å²) in [4.78, 5) is 0. The molecule has 0 aliphatic carbocycles. The van der Waals surface area contributed by atoms with Crippen LogP contribution in [0.4, 0.5) is 0 Å². The van der Waals surface area contributed by atoms with Crippen molar-refractivity contribution in [3.8, 4) is 0 Å². The van der Waals surface area contributed by atoms with Crippen molar-refractivity contribution >= 4 is 0 Å². The Labute approximate surface area is 73.9 Å². The van der Waals surface area contributed by atoms with Gasteiger partial charge < -0.3 is 15.6 Å². The number of rotatable bonds is 1. The van der Waals surface area contributed by atoms with Gasteiger partial charge in [0.25, 0.3) is 0 Å². The highest BCUT2D eigenvalue weighted by Crippen LogP contribution is 2.23. The molecule has 3 nitrogen and oxygen atoms in total. The molecule has 3 heteroatoms. The first-order chi connectivity index (χ1) is 5.52. The van der Waals surface area contributed by atoms with Crippen LogP contribution < -0.4 is 5.73 Å². The van der Waals surface area contributed by atoms with Gasteiger partial charge in [-0.3, -0.25) is 0 Å². The van der Waals surface area contributed by atoms with E-state index in [-0.39, 0.29) is 18.2 Å². The first kappa shape index (κ1) is 9.96. The fourth-order valence-electron chi connectivity index (χ4n) is 1.60. The quantitative estimate of drug-likeness (QED) is 0.607. The first-order valence-electron chi connectivity index (χ1n) is 4.61. The van der Waals surface area contributed by atoms with Crippen molar-refractivity contribution in [3.63, 3.8) is 0 Å². The van der Waals surface area contributed by atoms with E-state index in [4.69, 9.17) is 10.5 Å². The van der Waals surface area contributed by atoms with Gasteiger partial charge in [-0.15, -0.1) is 0 Å². The number of aliphatic hydroxyl groups excluding tert-OH is 1. The van der Waals surface area contributed by atoms with E-state index < -0.39 is 6.10 Å². The number of ether oxygens (including phenoxy) is 1. The van der Waals surface area contributed by atoms with E-state index in [2.05, 4.69) is 13.8 Å². The van der Waals surface area contributed by atoms with Crippen LogP contribution in [0.2, 0.25) is 0 Å². The SMILES string of the molecule is CC1O[C@@H](C(C)C)C[C@@H](N)[C@@H]1O. The van der Waals surface area contributed by atoms with Crippen LogP contribution in [-0.4, -0.2) is 29.5 Å². The Hall–Kier alpha value is -0.120. The Balaban J connectivity index is 2.53. The van der Waals surface area contributed by atoms with Gasteiger partial charge in [0.05, 0.1) is 18.3 Å². The van der Waals surface area contributed by atoms with E-state index in [0.717, 1.165) is 6.42 Å². The van der Waals surface area contributed by atoms with E-state index in [1.807, 2.05) is 6.92 Å². The van der Waals surface area contributed by atoms with Gasteiger partial charge in [0.15, 0.2) is 0 Å². The molecule has 1 fully saturated rings. The molecule has 0 aromatic rings. The molecule has 1 aliphatic heterocycles. The van der Waals surface area contributed by atoms with Crippen molar-refractivity contribution in [2.75, 3.05) is 0 Å². The van der Waals surface area contributed by atoms with Gasteiger partial charge >= 0.3 is 0 Å². The lowest BCUT2D eigenvalue weighted by molar-refractivity contribution is -0.131. The Bertz CT molecular complexity index is 137. The predicted molar refractivity (Wildman–Crippen MR) is 47.8 cm³/mol. The Morgan fingerprint density at radius 2 is 2.08 bits per heavy atom. The van der Waals surface area contributed by atoms with E-state index in [9.17, 15) is 5.11 Å². The van der Waals surface area contributed by atoms with Crippen LogP contribution in [0.1, 0.15) is 27.2 Å². The van der Waals surface area contributed by atoms with Crippen LogP contribution >= 0.6 is 0 Å². The highest BCUT2D eigenvalue weighted by molar-refractivity contribution is 4.86. The largest absolute Gasteiger partial charge is 0.389 e. The first-order valence-corrected chi connectivity index (χ1v) is 4.61. The summed E-state index contributed by atoms with van der Waals surface area (Å²) >= 11 is 0. The summed E-state index contributed by atoms with van der Waals surface area (Å²) in [7, 11) is 0. The number of nitrogens with two attached hydrogens (primary N) is 1. The fraction of sp³-hybridized carbons (Fsp3) is 1.00. The van der Waals surface area contributed by atoms with Crippen molar-refractivity contribution in [1.82, 2.24) is 0 Å². The lowest BCUT2D eigenvalue weighted by Crippen LogP contribution is -2.52. The maximum atomic E-state index is 9.50. The maximum absolute atomic E-state index is 9.50. The minimum atomic E-state index is -0.500. The molecule has 3 N–H and O–H groups in total. The van der Waals surface area contributed by atoms with Crippen molar-refractivity contribution in [2.45, 2.75) is 51.5 Å². The number of hydrogen-bond acceptors (Lipinski definition) is 3. The van der Waals surface area contributed by atoms with E-state index in [0.29, 0.717) is 5.92 Å². The second-order valence-electron chi connectivity index (χ2n) is 4.01. The van der Waals surface area contributed by atoms with Gasteiger partial charge in [0.1, 0.15) is 0 Å². The lowest BCUT2D eigenvalue weighted by atomic mass is 9.91. The molecule has 0 spiro atoms. The van der Waals surface area contributed by atoms with Gasteiger partial charge in [-0.1, -0.05) is 13.8 Å². The van der Waals surface area contributed by atoms with Crippen LogP contribution in [0.25, 0.3) is 0 Å². The number of hydrogen-bond donors (Lipinski definition) is 2.